The van der Waals surface area contributed by atoms with Gasteiger partial charge in [-0.05, 0) is 18.6 Å². The number of nitrogens with one attached hydrogen (secondary N) is 1. The molecular formula is C13H19N3O2S. The number of aryl methyl sites for hydroxylation is 1. The van der Waals surface area contributed by atoms with Crippen molar-refractivity contribution in [1.29, 1.82) is 0 Å². The number of carbonyl (C=O) groups is 1. The molecule has 1 aromatic rings. The van der Waals surface area contributed by atoms with E-state index in [9.17, 15) is 9.00 Å². The van der Waals surface area contributed by atoms with Gasteiger partial charge in [-0.3, -0.25) is 13.9 Å². The number of benzene rings is 1. The van der Waals surface area contributed by atoms with Crippen molar-refractivity contribution in [2.75, 3.05) is 42.2 Å². The highest BCUT2D eigenvalue weighted by molar-refractivity contribution is 7.85. The lowest BCUT2D eigenvalue weighted by Gasteiger charge is -2.25. The Balaban J connectivity index is 1.92. The highest BCUT2D eigenvalue weighted by Gasteiger charge is 2.18. The average Bonchev–Trinajstić information content (AvgIpc) is 2.37. The number of anilines is 2. The van der Waals surface area contributed by atoms with E-state index in [-0.39, 0.29) is 5.91 Å². The maximum Gasteiger partial charge on any atom is 0.238 e. The molecule has 0 saturated carbocycles. The summed E-state index contributed by atoms with van der Waals surface area (Å²) in [6, 6.07) is 5.54. The molecule has 1 aromatic carbocycles. The lowest BCUT2D eigenvalue weighted by molar-refractivity contribution is -0.117. The molecule has 1 aliphatic heterocycles. The molecule has 0 atom stereocenters. The van der Waals surface area contributed by atoms with Crippen LogP contribution < -0.4 is 11.1 Å². The number of hydrogen-bond acceptors (Lipinski definition) is 4. The van der Waals surface area contributed by atoms with E-state index in [0.717, 1.165) is 5.56 Å². The van der Waals surface area contributed by atoms with Gasteiger partial charge in [0, 0.05) is 35.4 Å². The van der Waals surface area contributed by atoms with Crippen LogP contribution in [0.15, 0.2) is 18.2 Å². The molecule has 1 fully saturated rings. The van der Waals surface area contributed by atoms with E-state index in [0.29, 0.717) is 42.5 Å². The van der Waals surface area contributed by atoms with Gasteiger partial charge in [-0.25, -0.2) is 0 Å². The second-order valence-electron chi connectivity index (χ2n) is 4.71. The molecule has 3 N–H and O–H groups in total. The number of amides is 1. The molecule has 104 valence electrons. The van der Waals surface area contributed by atoms with Crippen LogP contribution in [-0.2, 0) is 15.6 Å². The Morgan fingerprint density at radius 1 is 1.42 bits per heavy atom. The number of rotatable bonds is 3. The minimum Gasteiger partial charge on any atom is -0.397 e. The van der Waals surface area contributed by atoms with Crippen LogP contribution in [0.25, 0.3) is 0 Å². The third kappa shape index (κ3) is 3.78. The summed E-state index contributed by atoms with van der Waals surface area (Å²) in [7, 11) is -0.714. The fourth-order valence-electron chi connectivity index (χ4n) is 2.08. The summed E-state index contributed by atoms with van der Waals surface area (Å²) in [5, 5.41) is 2.86. The second-order valence-corrected chi connectivity index (χ2v) is 6.41. The first-order valence-corrected chi connectivity index (χ1v) is 7.77. The average molecular weight is 281 g/mol. The smallest absolute Gasteiger partial charge is 0.238 e. The van der Waals surface area contributed by atoms with E-state index in [2.05, 4.69) is 5.32 Å². The summed E-state index contributed by atoms with van der Waals surface area (Å²) < 4.78 is 11.2. The minimum atomic E-state index is -0.714. The Labute approximate surface area is 115 Å². The zero-order valence-electron chi connectivity index (χ0n) is 11.0. The van der Waals surface area contributed by atoms with Gasteiger partial charge in [0.05, 0.1) is 17.9 Å². The molecular weight excluding hydrogens is 262 g/mol. The molecule has 0 spiro atoms. The van der Waals surface area contributed by atoms with E-state index >= 15 is 0 Å². The number of nitrogens with two attached hydrogens (primary N) is 1. The van der Waals surface area contributed by atoms with Gasteiger partial charge in [0.25, 0.3) is 0 Å². The van der Waals surface area contributed by atoms with Crippen LogP contribution in [0.3, 0.4) is 0 Å². The number of nitrogens with zero attached hydrogens (tertiary/aromatic N) is 1. The fourth-order valence-corrected chi connectivity index (χ4v) is 3.20. The number of nitrogen functional groups attached to an aromatic ring is 1. The van der Waals surface area contributed by atoms with Crippen LogP contribution in [0.2, 0.25) is 0 Å². The summed E-state index contributed by atoms with van der Waals surface area (Å²) >= 11 is 0. The van der Waals surface area contributed by atoms with Crippen molar-refractivity contribution >= 4 is 28.1 Å². The Bertz CT molecular complexity index is 474. The van der Waals surface area contributed by atoms with Gasteiger partial charge in [-0.2, -0.15) is 0 Å². The van der Waals surface area contributed by atoms with Crippen LogP contribution in [0.1, 0.15) is 5.56 Å². The van der Waals surface area contributed by atoms with Crippen molar-refractivity contribution in [3.05, 3.63) is 23.8 Å². The number of para-hydroxylation sites is 1. The highest BCUT2D eigenvalue weighted by atomic mass is 32.2. The van der Waals surface area contributed by atoms with Gasteiger partial charge in [0.2, 0.25) is 5.91 Å². The lowest BCUT2D eigenvalue weighted by atomic mass is 10.1. The second kappa shape index (κ2) is 6.16. The first-order valence-electron chi connectivity index (χ1n) is 6.28. The largest absolute Gasteiger partial charge is 0.397 e. The molecule has 0 bridgehead atoms. The summed E-state index contributed by atoms with van der Waals surface area (Å²) in [5.74, 6) is 1.23. The Kier molecular flexibility index (Phi) is 4.55. The Hall–Kier alpha value is -1.40. The van der Waals surface area contributed by atoms with Crippen LogP contribution in [0, 0.1) is 6.92 Å². The summed E-state index contributed by atoms with van der Waals surface area (Å²) in [4.78, 5) is 14.0. The van der Waals surface area contributed by atoms with Gasteiger partial charge in [0.15, 0.2) is 0 Å². The molecule has 1 saturated heterocycles. The van der Waals surface area contributed by atoms with Gasteiger partial charge in [0.1, 0.15) is 0 Å². The fraction of sp³-hybridized carbons (Fsp3) is 0.462. The Morgan fingerprint density at radius 2 is 2.11 bits per heavy atom. The van der Waals surface area contributed by atoms with Gasteiger partial charge in [-0.1, -0.05) is 12.1 Å². The van der Waals surface area contributed by atoms with Crippen molar-refractivity contribution in [2.24, 2.45) is 0 Å². The lowest BCUT2D eigenvalue weighted by Crippen LogP contribution is -2.42. The molecule has 0 radical (unpaired) electrons. The first-order chi connectivity index (χ1) is 9.06. The van der Waals surface area contributed by atoms with Crippen molar-refractivity contribution in [3.8, 4) is 0 Å². The maximum absolute atomic E-state index is 12.0. The SMILES string of the molecule is Cc1cccc(N)c1NC(=O)CN1CCS(=O)CC1. The zero-order chi connectivity index (χ0) is 13.8. The molecule has 1 amide bonds. The molecule has 19 heavy (non-hydrogen) atoms. The summed E-state index contributed by atoms with van der Waals surface area (Å²) in [5.41, 5.74) is 8.07. The monoisotopic (exact) mass is 281 g/mol. The molecule has 6 heteroatoms. The molecule has 0 aromatic heterocycles. The normalized spacial score (nSPS) is 17.3. The highest BCUT2D eigenvalue weighted by Crippen LogP contribution is 2.22. The van der Waals surface area contributed by atoms with E-state index in [1.165, 1.54) is 0 Å². The van der Waals surface area contributed by atoms with Crippen LogP contribution in [0.5, 0.6) is 0 Å². The quantitative estimate of drug-likeness (QED) is 0.795. The van der Waals surface area contributed by atoms with Crippen molar-refractivity contribution in [2.45, 2.75) is 6.92 Å². The summed E-state index contributed by atoms with van der Waals surface area (Å²) in [6.07, 6.45) is 0. The zero-order valence-corrected chi connectivity index (χ0v) is 11.8. The Morgan fingerprint density at radius 3 is 2.74 bits per heavy atom. The first kappa shape index (κ1) is 14.0. The third-order valence-electron chi connectivity index (χ3n) is 3.21. The van der Waals surface area contributed by atoms with E-state index in [1.54, 1.807) is 6.07 Å². The summed E-state index contributed by atoms with van der Waals surface area (Å²) in [6.45, 7) is 3.66. The maximum atomic E-state index is 12.0. The molecule has 0 aliphatic carbocycles. The number of carbonyl (C=O) groups excluding carboxylic acids is 1. The van der Waals surface area contributed by atoms with E-state index in [4.69, 9.17) is 5.73 Å². The van der Waals surface area contributed by atoms with Crippen LogP contribution in [0.4, 0.5) is 11.4 Å². The third-order valence-corrected chi connectivity index (χ3v) is 4.48. The molecule has 2 rings (SSSR count). The number of hydrogen-bond donors (Lipinski definition) is 2. The van der Waals surface area contributed by atoms with Crippen molar-refractivity contribution < 1.29 is 9.00 Å². The van der Waals surface area contributed by atoms with Gasteiger partial charge in [-0.15, -0.1) is 0 Å². The minimum absolute atomic E-state index is 0.0753. The van der Waals surface area contributed by atoms with E-state index in [1.807, 2.05) is 24.0 Å². The van der Waals surface area contributed by atoms with Crippen LogP contribution in [-0.4, -0.2) is 46.2 Å². The molecule has 1 heterocycles. The predicted octanol–water partition coefficient (Wildman–Crippen LogP) is 0.580. The van der Waals surface area contributed by atoms with Crippen molar-refractivity contribution in [3.63, 3.8) is 0 Å². The standard InChI is InChI=1S/C13H19N3O2S/c1-10-3-2-4-11(14)13(10)15-12(17)9-16-5-7-19(18)8-6-16/h2-4H,5-9,14H2,1H3,(H,15,17). The molecule has 0 unspecified atom stereocenters. The van der Waals surface area contributed by atoms with E-state index < -0.39 is 10.8 Å². The van der Waals surface area contributed by atoms with Crippen molar-refractivity contribution in [1.82, 2.24) is 4.90 Å². The molecule has 1 aliphatic rings. The molecule has 5 nitrogen and oxygen atoms in total. The van der Waals surface area contributed by atoms with Gasteiger partial charge >= 0.3 is 0 Å². The predicted molar refractivity (Wildman–Crippen MR) is 78.5 cm³/mol. The van der Waals surface area contributed by atoms with Crippen LogP contribution >= 0.6 is 0 Å². The van der Waals surface area contributed by atoms with Gasteiger partial charge < -0.3 is 11.1 Å². The topological polar surface area (TPSA) is 75.4 Å².